The van der Waals surface area contributed by atoms with E-state index in [1.54, 1.807) is 0 Å². The third-order valence-corrected chi connectivity index (χ3v) is 5.73. The van der Waals surface area contributed by atoms with E-state index in [9.17, 15) is 0 Å². The Morgan fingerprint density at radius 3 is 2.56 bits per heavy atom. The highest BCUT2D eigenvalue weighted by molar-refractivity contribution is 7.99. The fourth-order valence-corrected chi connectivity index (χ4v) is 4.63. The topological polar surface area (TPSA) is 18.5 Å². The smallest absolute Gasteiger partial charge is 0.0233 e. The van der Waals surface area contributed by atoms with E-state index < -0.39 is 0 Å². The Bertz CT molecular complexity index is 234. The number of nitrogens with one attached hydrogen (secondary N) is 1. The second kappa shape index (κ2) is 7.34. The predicted molar refractivity (Wildman–Crippen MR) is 82.0 cm³/mol. The van der Waals surface area contributed by atoms with E-state index in [2.05, 4.69) is 26.9 Å². The van der Waals surface area contributed by atoms with Crippen LogP contribution in [0.2, 0.25) is 0 Å². The number of rotatable bonds is 3. The average molecular weight is 292 g/mol. The first kappa shape index (κ1) is 14.9. The minimum Gasteiger partial charge on any atom is -0.315 e. The molecule has 0 radical (unpaired) electrons. The minimum absolute atomic E-state index is 0. The highest BCUT2D eigenvalue weighted by Crippen LogP contribution is 2.24. The lowest BCUT2D eigenvalue weighted by Gasteiger charge is -2.38. The van der Waals surface area contributed by atoms with Crippen molar-refractivity contribution in [2.24, 2.45) is 5.92 Å². The Balaban J connectivity index is 0.00000120. The van der Waals surface area contributed by atoms with Crippen LogP contribution < -0.4 is 5.32 Å². The van der Waals surface area contributed by atoms with Crippen LogP contribution in [0.5, 0.6) is 0 Å². The number of nitrogens with zero attached hydrogens (tertiary/aromatic N) is 2. The zero-order chi connectivity index (χ0) is 11.5. The van der Waals surface area contributed by atoms with Crippen molar-refractivity contribution in [3.8, 4) is 0 Å². The molecule has 1 N–H and O–H groups in total. The van der Waals surface area contributed by atoms with Crippen molar-refractivity contribution in [3.63, 3.8) is 0 Å². The van der Waals surface area contributed by atoms with Crippen molar-refractivity contribution in [1.29, 1.82) is 0 Å². The predicted octanol–water partition coefficient (Wildman–Crippen LogP) is 1.14. The van der Waals surface area contributed by atoms with Gasteiger partial charge in [-0.3, -0.25) is 4.90 Å². The van der Waals surface area contributed by atoms with Gasteiger partial charge in [-0.05, 0) is 36.8 Å². The lowest BCUT2D eigenvalue weighted by Crippen LogP contribution is -2.51. The average Bonchev–Trinajstić information content (AvgIpc) is 3.01. The van der Waals surface area contributed by atoms with Crippen LogP contribution >= 0.6 is 24.2 Å². The van der Waals surface area contributed by atoms with E-state index in [4.69, 9.17) is 0 Å². The molecule has 3 nitrogen and oxygen atoms in total. The second-order valence-electron chi connectivity index (χ2n) is 5.71. The molecule has 0 aliphatic carbocycles. The Kier molecular flexibility index (Phi) is 6.09. The van der Waals surface area contributed by atoms with Gasteiger partial charge in [0.05, 0.1) is 0 Å². The maximum Gasteiger partial charge on any atom is 0.0233 e. The molecule has 0 spiro atoms. The van der Waals surface area contributed by atoms with E-state index in [-0.39, 0.29) is 12.4 Å². The Labute approximate surface area is 121 Å². The van der Waals surface area contributed by atoms with Gasteiger partial charge in [-0.1, -0.05) is 0 Å². The molecule has 3 aliphatic rings. The molecule has 0 aromatic carbocycles. The quantitative estimate of drug-likeness (QED) is 0.840. The van der Waals surface area contributed by atoms with Crippen molar-refractivity contribution in [3.05, 3.63) is 0 Å². The largest absolute Gasteiger partial charge is 0.315 e. The van der Waals surface area contributed by atoms with Gasteiger partial charge >= 0.3 is 0 Å². The summed E-state index contributed by atoms with van der Waals surface area (Å²) < 4.78 is 0. The molecule has 3 aliphatic heterocycles. The number of hydrogen-bond donors (Lipinski definition) is 1. The first-order valence-electron chi connectivity index (χ1n) is 7.17. The van der Waals surface area contributed by atoms with Crippen LogP contribution in [0, 0.1) is 5.92 Å². The van der Waals surface area contributed by atoms with Gasteiger partial charge < -0.3 is 10.2 Å². The summed E-state index contributed by atoms with van der Waals surface area (Å²) in [6, 6.07) is 0.833. The molecule has 5 heteroatoms. The summed E-state index contributed by atoms with van der Waals surface area (Å²) in [7, 11) is 0. The maximum absolute atomic E-state index is 3.48. The molecular formula is C13H26ClN3S. The molecule has 0 aromatic heterocycles. The number of halogens is 1. The van der Waals surface area contributed by atoms with Crippen molar-refractivity contribution in [2.45, 2.75) is 18.9 Å². The maximum atomic E-state index is 3.48. The van der Waals surface area contributed by atoms with Crippen LogP contribution in [-0.2, 0) is 0 Å². The third-order valence-electron chi connectivity index (χ3n) is 4.50. The van der Waals surface area contributed by atoms with Gasteiger partial charge in [0.1, 0.15) is 0 Å². The van der Waals surface area contributed by atoms with Crippen molar-refractivity contribution < 1.29 is 0 Å². The molecular weight excluding hydrogens is 266 g/mol. The number of piperazine rings is 1. The molecule has 2 unspecified atom stereocenters. The van der Waals surface area contributed by atoms with Crippen molar-refractivity contribution in [1.82, 2.24) is 15.1 Å². The van der Waals surface area contributed by atoms with Crippen LogP contribution in [-0.4, -0.2) is 73.2 Å². The summed E-state index contributed by atoms with van der Waals surface area (Å²) in [5, 5.41) is 3.48. The zero-order valence-corrected chi connectivity index (χ0v) is 12.8. The molecule has 106 valence electrons. The summed E-state index contributed by atoms with van der Waals surface area (Å²) in [6.07, 6.45) is 2.82. The molecule has 0 aromatic rings. The summed E-state index contributed by atoms with van der Waals surface area (Å²) in [6.45, 7) is 9.01. The van der Waals surface area contributed by atoms with Crippen LogP contribution in [0.15, 0.2) is 0 Å². The van der Waals surface area contributed by atoms with Gasteiger partial charge in [0.25, 0.3) is 0 Å². The van der Waals surface area contributed by atoms with Gasteiger partial charge in [0.15, 0.2) is 0 Å². The molecule has 3 fully saturated rings. The Morgan fingerprint density at radius 2 is 1.94 bits per heavy atom. The fraction of sp³-hybridized carbons (Fsp3) is 1.00. The van der Waals surface area contributed by atoms with E-state index in [1.807, 2.05) is 0 Å². The third kappa shape index (κ3) is 3.76. The standard InChI is InChI=1S/C13H25N3S.ClH/c1-3-14-9-13(1)16-6-4-15(5-7-16)10-12-2-8-17-11-12;/h12-14H,1-11H2;1H. The zero-order valence-electron chi connectivity index (χ0n) is 11.1. The van der Waals surface area contributed by atoms with Crippen LogP contribution in [0.25, 0.3) is 0 Å². The first-order chi connectivity index (χ1) is 8.42. The summed E-state index contributed by atoms with van der Waals surface area (Å²) in [5.41, 5.74) is 0. The van der Waals surface area contributed by atoms with E-state index in [1.165, 1.54) is 70.2 Å². The molecule has 3 rings (SSSR count). The number of hydrogen-bond acceptors (Lipinski definition) is 4. The van der Waals surface area contributed by atoms with Crippen LogP contribution in [0.3, 0.4) is 0 Å². The van der Waals surface area contributed by atoms with Crippen molar-refractivity contribution in [2.75, 3.05) is 57.3 Å². The minimum atomic E-state index is 0. The number of thioether (sulfide) groups is 1. The molecule has 3 saturated heterocycles. The molecule has 18 heavy (non-hydrogen) atoms. The van der Waals surface area contributed by atoms with Gasteiger partial charge in [0, 0.05) is 45.3 Å². The normalized spacial score (nSPS) is 34.7. The lowest BCUT2D eigenvalue weighted by atomic mass is 10.1. The van der Waals surface area contributed by atoms with Gasteiger partial charge in [-0.25, -0.2) is 0 Å². The second-order valence-corrected chi connectivity index (χ2v) is 6.86. The van der Waals surface area contributed by atoms with E-state index in [0.717, 1.165) is 12.0 Å². The molecule has 0 saturated carbocycles. The highest BCUT2D eigenvalue weighted by atomic mass is 35.5. The Morgan fingerprint density at radius 1 is 1.11 bits per heavy atom. The highest BCUT2D eigenvalue weighted by Gasteiger charge is 2.27. The summed E-state index contributed by atoms with van der Waals surface area (Å²) in [4.78, 5) is 5.41. The van der Waals surface area contributed by atoms with E-state index >= 15 is 0 Å². The summed E-state index contributed by atoms with van der Waals surface area (Å²) >= 11 is 2.15. The van der Waals surface area contributed by atoms with E-state index in [0.29, 0.717) is 0 Å². The first-order valence-corrected chi connectivity index (χ1v) is 8.32. The molecule has 3 heterocycles. The Hall–Kier alpha value is 0.520. The lowest BCUT2D eigenvalue weighted by molar-refractivity contribution is 0.0940. The molecule has 0 amide bonds. The molecule has 0 bridgehead atoms. The SMILES string of the molecule is C1CC(N2CCN(CC3CCSC3)CC2)CN1.Cl. The van der Waals surface area contributed by atoms with Crippen molar-refractivity contribution >= 4 is 24.2 Å². The van der Waals surface area contributed by atoms with Gasteiger partial charge in [0.2, 0.25) is 0 Å². The van der Waals surface area contributed by atoms with Gasteiger partial charge in [-0.2, -0.15) is 11.8 Å². The van der Waals surface area contributed by atoms with Crippen LogP contribution in [0.1, 0.15) is 12.8 Å². The monoisotopic (exact) mass is 291 g/mol. The summed E-state index contributed by atoms with van der Waals surface area (Å²) in [5.74, 6) is 3.80. The van der Waals surface area contributed by atoms with Crippen LogP contribution in [0.4, 0.5) is 0 Å². The fourth-order valence-electron chi connectivity index (χ4n) is 3.35. The molecule has 2 atom stereocenters. The van der Waals surface area contributed by atoms with Gasteiger partial charge in [-0.15, -0.1) is 12.4 Å².